The second-order valence-corrected chi connectivity index (χ2v) is 10.2. The molecule has 0 saturated carbocycles. The number of nitrogens with zero attached hydrogens (tertiary/aromatic N) is 6. The molecule has 3 heterocycles. The lowest BCUT2D eigenvalue weighted by Crippen LogP contribution is -2.33. The number of methoxy groups -OCH3 is 1. The topological polar surface area (TPSA) is 98.8 Å². The van der Waals surface area contributed by atoms with Gasteiger partial charge in [-0.15, -0.1) is 0 Å². The van der Waals surface area contributed by atoms with Gasteiger partial charge in [-0.3, -0.25) is 4.79 Å². The molecule has 0 aliphatic carbocycles. The van der Waals surface area contributed by atoms with Crippen LogP contribution in [0.25, 0.3) is 11.0 Å². The Kier molecular flexibility index (Phi) is 8.67. The van der Waals surface area contributed by atoms with Crippen molar-refractivity contribution >= 4 is 57.5 Å². The molecule has 1 aliphatic heterocycles. The number of hydrogen-bond donors (Lipinski definition) is 2. The molecule has 2 aromatic heterocycles. The number of aromatic nitrogens is 3. The van der Waals surface area contributed by atoms with E-state index in [0.717, 1.165) is 54.6 Å². The molecule has 11 heteroatoms. The van der Waals surface area contributed by atoms with Crippen LogP contribution in [0.4, 0.5) is 28.8 Å². The maximum absolute atomic E-state index is 12.3. The summed E-state index contributed by atoms with van der Waals surface area (Å²) in [5.41, 5.74) is 2.70. The predicted octanol–water partition coefficient (Wildman–Crippen LogP) is 3.45. The number of pyridine rings is 1. The van der Waals surface area contributed by atoms with Crippen LogP contribution in [0.5, 0.6) is 5.75 Å². The average molecular weight is 523 g/mol. The van der Waals surface area contributed by atoms with Crippen molar-refractivity contribution in [2.45, 2.75) is 0 Å². The van der Waals surface area contributed by atoms with Gasteiger partial charge in [-0.05, 0) is 38.4 Å². The maximum Gasteiger partial charge on any atom is 0.247 e. The van der Waals surface area contributed by atoms with Crippen molar-refractivity contribution in [3.05, 3.63) is 43.1 Å². The summed E-state index contributed by atoms with van der Waals surface area (Å²) in [5, 5.41) is 7.17. The molecule has 37 heavy (non-hydrogen) atoms. The molecule has 4 rings (SSSR count). The van der Waals surface area contributed by atoms with Crippen molar-refractivity contribution in [2.75, 3.05) is 86.4 Å². The van der Waals surface area contributed by atoms with Gasteiger partial charge in [0.15, 0.2) is 5.65 Å². The SMILES string of the molecule is C=CC(=O)Nc1cc(Nc2nc(N3CCSCC3)c3cccnc3n2)c(OC)cc1N(C)CCN(C)C. The van der Waals surface area contributed by atoms with Crippen LogP contribution in [0, 0.1) is 0 Å². The molecule has 0 radical (unpaired) electrons. The molecule has 3 aromatic rings. The third kappa shape index (κ3) is 6.41. The molecule has 1 fully saturated rings. The fourth-order valence-electron chi connectivity index (χ4n) is 4.04. The summed E-state index contributed by atoms with van der Waals surface area (Å²) in [6.07, 6.45) is 2.99. The van der Waals surface area contributed by atoms with E-state index in [1.54, 1.807) is 13.3 Å². The summed E-state index contributed by atoms with van der Waals surface area (Å²) >= 11 is 1.95. The average Bonchev–Trinajstić information content (AvgIpc) is 2.91. The molecule has 10 nitrogen and oxygen atoms in total. The summed E-state index contributed by atoms with van der Waals surface area (Å²) in [6, 6.07) is 7.65. The zero-order valence-corrected chi connectivity index (χ0v) is 22.6. The lowest BCUT2D eigenvalue weighted by molar-refractivity contribution is -0.111. The Balaban J connectivity index is 1.74. The van der Waals surface area contributed by atoms with Crippen LogP contribution in [-0.4, -0.2) is 91.7 Å². The molecule has 1 amide bonds. The van der Waals surface area contributed by atoms with Crippen molar-refractivity contribution < 1.29 is 9.53 Å². The highest BCUT2D eigenvalue weighted by Crippen LogP contribution is 2.38. The van der Waals surface area contributed by atoms with E-state index < -0.39 is 0 Å². The molecule has 0 spiro atoms. The molecule has 2 N–H and O–H groups in total. The first kappa shape index (κ1) is 26.5. The number of fused-ring (bicyclic) bond motifs is 1. The van der Waals surface area contributed by atoms with Gasteiger partial charge in [0.1, 0.15) is 11.6 Å². The predicted molar refractivity (Wildman–Crippen MR) is 154 cm³/mol. The summed E-state index contributed by atoms with van der Waals surface area (Å²) < 4.78 is 5.74. The first-order chi connectivity index (χ1) is 17.9. The van der Waals surface area contributed by atoms with Gasteiger partial charge < -0.3 is 30.1 Å². The highest BCUT2D eigenvalue weighted by atomic mass is 32.2. The van der Waals surface area contributed by atoms with Crippen molar-refractivity contribution in [3.8, 4) is 5.75 Å². The number of hydrogen-bond acceptors (Lipinski definition) is 10. The Morgan fingerprint density at radius 2 is 1.97 bits per heavy atom. The molecule has 0 atom stereocenters. The number of carbonyl (C=O) groups excluding carboxylic acids is 1. The normalized spacial score (nSPS) is 13.5. The number of amides is 1. The minimum Gasteiger partial charge on any atom is -0.494 e. The van der Waals surface area contributed by atoms with E-state index in [9.17, 15) is 4.79 Å². The van der Waals surface area contributed by atoms with Crippen molar-refractivity contribution in [1.29, 1.82) is 0 Å². The minimum absolute atomic E-state index is 0.296. The van der Waals surface area contributed by atoms with E-state index in [2.05, 4.69) is 41.9 Å². The first-order valence-corrected chi connectivity index (χ1v) is 13.3. The molecule has 1 aliphatic rings. The number of rotatable bonds is 10. The number of carbonyl (C=O) groups is 1. The third-order valence-electron chi connectivity index (χ3n) is 6.06. The highest BCUT2D eigenvalue weighted by molar-refractivity contribution is 7.99. The van der Waals surface area contributed by atoms with Crippen LogP contribution in [0.3, 0.4) is 0 Å². The van der Waals surface area contributed by atoms with E-state index >= 15 is 0 Å². The summed E-state index contributed by atoms with van der Waals surface area (Å²) in [6.45, 7) is 7.04. The second kappa shape index (κ2) is 12.1. The van der Waals surface area contributed by atoms with Crippen molar-refractivity contribution in [2.24, 2.45) is 0 Å². The van der Waals surface area contributed by atoms with Crippen molar-refractivity contribution in [1.82, 2.24) is 19.9 Å². The molecular formula is C26H34N8O2S. The van der Waals surface area contributed by atoms with Gasteiger partial charge in [-0.1, -0.05) is 6.58 Å². The van der Waals surface area contributed by atoms with Gasteiger partial charge in [-0.25, -0.2) is 4.98 Å². The Hall–Kier alpha value is -3.57. The minimum atomic E-state index is -0.296. The van der Waals surface area contributed by atoms with Crippen LogP contribution in [0.2, 0.25) is 0 Å². The number of nitrogens with one attached hydrogen (secondary N) is 2. The van der Waals surface area contributed by atoms with Crippen LogP contribution in [0.15, 0.2) is 43.1 Å². The Morgan fingerprint density at radius 1 is 1.19 bits per heavy atom. The standard InChI is InChI=1S/C26H34N8O2S/c1-6-23(35)28-19-16-20(22(36-5)17-21(19)33(4)11-10-32(2)3)29-26-30-24-18(8-7-9-27-24)25(31-26)34-12-14-37-15-13-34/h6-9,16-17H,1,10-15H2,2-5H3,(H,28,35)(H,27,29,30,31). The first-order valence-electron chi connectivity index (χ1n) is 12.1. The van der Waals surface area contributed by atoms with E-state index in [1.165, 1.54) is 6.08 Å². The summed E-state index contributed by atoms with van der Waals surface area (Å²) in [7, 11) is 7.65. The van der Waals surface area contributed by atoms with Gasteiger partial charge >= 0.3 is 0 Å². The van der Waals surface area contributed by atoms with Crippen LogP contribution in [-0.2, 0) is 4.79 Å². The zero-order chi connectivity index (χ0) is 26.4. The number of likely N-dealkylation sites (N-methyl/N-ethyl adjacent to an activating group) is 2. The van der Waals surface area contributed by atoms with Gasteiger partial charge in [0.25, 0.3) is 0 Å². The molecule has 1 saturated heterocycles. The lowest BCUT2D eigenvalue weighted by Gasteiger charge is -2.28. The molecule has 1 aromatic carbocycles. The quantitative estimate of drug-likeness (QED) is 0.385. The Morgan fingerprint density at radius 3 is 2.68 bits per heavy atom. The van der Waals surface area contributed by atoms with Crippen LogP contribution in [0.1, 0.15) is 0 Å². The number of ether oxygens (including phenoxy) is 1. The summed E-state index contributed by atoms with van der Waals surface area (Å²) in [4.78, 5) is 32.8. The van der Waals surface area contributed by atoms with Crippen molar-refractivity contribution in [3.63, 3.8) is 0 Å². The van der Waals surface area contributed by atoms with E-state index in [0.29, 0.717) is 28.7 Å². The fraction of sp³-hybridized carbons (Fsp3) is 0.385. The monoisotopic (exact) mass is 522 g/mol. The molecular weight excluding hydrogens is 488 g/mol. The third-order valence-corrected chi connectivity index (χ3v) is 7.01. The number of benzene rings is 1. The molecule has 196 valence electrons. The van der Waals surface area contributed by atoms with Crippen LogP contribution >= 0.6 is 11.8 Å². The zero-order valence-electron chi connectivity index (χ0n) is 21.8. The number of anilines is 5. The summed E-state index contributed by atoms with van der Waals surface area (Å²) in [5.74, 6) is 3.68. The smallest absolute Gasteiger partial charge is 0.247 e. The van der Waals surface area contributed by atoms with Gasteiger partial charge in [-0.2, -0.15) is 21.7 Å². The number of thioether (sulfide) groups is 1. The Labute approximate surface area is 222 Å². The van der Waals surface area contributed by atoms with E-state index in [1.807, 2.05) is 57.2 Å². The fourth-order valence-corrected chi connectivity index (χ4v) is 4.95. The largest absolute Gasteiger partial charge is 0.494 e. The van der Waals surface area contributed by atoms with E-state index in [4.69, 9.17) is 9.72 Å². The lowest BCUT2D eigenvalue weighted by atomic mass is 10.2. The van der Waals surface area contributed by atoms with Crippen LogP contribution < -0.4 is 25.2 Å². The molecule has 0 bridgehead atoms. The Bertz CT molecular complexity index is 1260. The van der Waals surface area contributed by atoms with Gasteiger partial charge in [0.05, 0.1) is 29.6 Å². The second-order valence-electron chi connectivity index (χ2n) is 8.96. The van der Waals surface area contributed by atoms with Gasteiger partial charge in [0.2, 0.25) is 11.9 Å². The maximum atomic E-state index is 12.3. The highest BCUT2D eigenvalue weighted by Gasteiger charge is 2.20. The van der Waals surface area contributed by atoms with E-state index in [-0.39, 0.29) is 5.91 Å². The van der Waals surface area contributed by atoms with Gasteiger partial charge in [0, 0.05) is 57.0 Å². The molecule has 0 unspecified atom stereocenters.